The number of esters is 1. The van der Waals surface area contributed by atoms with Crippen LogP contribution in [0, 0.1) is 0 Å². The number of hydrogen-bond acceptors (Lipinski definition) is 6. The summed E-state index contributed by atoms with van der Waals surface area (Å²) in [6.07, 6.45) is 2.80. The first kappa shape index (κ1) is 16.4. The highest BCUT2D eigenvalue weighted by molar-refractivity contribution is 5.70. The second kappa shape index (κ2) is 11.2. The third-order valence-electron chi connectivity index (χ3n) is 2.85. The van der Waals surface area contributed by atoms with Crippen LogP contribution in [0.15, 0.2) is 0 Å². The van der Waals surface area contributed by atoms with Crippen LogP contribution >= 0.6 is 0 Å². The van der Waals surface area contributed by atoms with Gasteiger partial charge in [-0.1, -0.05) is 0 Å². The van der Waals surface area contributed by atoms with Crippen molar-refractivity contribution in [3.63, 3.8) is 0 Å². The lowest BCUT2D eigenvalue weighted by Crippen LogP contribution is -2.33. The van der Waals surface area contributed by atoms with Gasteiger partial charge in [0, 0.05) is 20.1 Å². The molecule has 0 aromatic rings. The minimum Gasteiger partial charge on any atom is -0.464 e. The van der Waals surface area contributed by atoms with Crippen molar-refractivity contribution >= 4 is 5.97 Å². The van der Waals surface area contributed by atoms with Gasteiger partial charge in [0.15, 0.2) is 0 Å². The molecule has 1 aliphatic heterocycles. The van der Waals surface area contributed by atoms with E-state index >= 15 is 0 Å². The molecule has 0 spiro atoms. The Morgan fingerprint density at radius 1 is 1.16 bits per heavy atom. The zero-order valence-electron chi connectivity index (χ0n) is 11.7. The summed E-state index contributed by atoms with van der Waals surface area (Å²) >= 11 is 0. The number of methoxy groups -OCH3 is 1. The normalized spacial score (nSPS) is 16.5. The van der Waals surface area contributed by atoms with Crippen LogP contribution in [0.1, 0.15) is 19.3 Å². The van der Waals surface area contributed by atoms with Crippen molar-refractivity contribution in [3.05, 3.63) is 0 Å². The van der Waals surface area contributed by atoms with Gasteiger partial charge in [-0.15, -0.1) is 0 Å². The van der Waals surface area contributed by atoms with E-state index in [1.165, 1.54) is 0 Å². The Bertz CT molecular complexity index is 231. The molecule has 1 fully saturated rings. The summed E-state index contributed by atoms with van der Waals surface area (Å²) in [7, 11) is 1.63. The number of piperidine rings is 1. The van der Waals surface area contributed by atoms with Gasteiger partial charge in [0.1, 0.15) is 6.61 Å². The molecule has 1 N–H and O–H groups in total. The van der Waals surface area contributed by atoms with Crippen LogP contribution in [-0.4, -0.2) is 65.3 Å². The molecule has 0 bridgehead atoms. The fourth-order valence-corrected chi connectivity index (χ4v) is 1.78. The first-order valence-electron chi connectivity index (χ1n) is 6.87. The molecule has 1 heterocycles. The van der Waals surface area contributed by atoms with Crippen LogP contribution in [0.5, 0.6) is 0 Å². The van der Waals surface area contributed by atoms with E-state index in [9.17, 15) is 4.79 Å². The molecule has 0 amide bonds. The summed E-state index contributed by atoms with van der Waals surface area (Å²) < 4.78 is 20.6. The second-order valence-corrected chi connectivity index (χ2v) is 4.44. The van der Waals surface area contributed by atoms with Crippen molar-refractivity contribution in [1.29, 1.82) is 0 Å². The van der Waals surface area contributed by atoms with Crippen LogP contribution in [0.25, 0.3) is 0 Å². The van der Waals surface area contributed by atoms with Crippen LogP contribution in [0.2, 0.25) is 0 Å². The van der Waals surface area contributed by atoms with Crippen molar-refractivity contribution in [1.82, 2.24) is 5.32 Å². The molecule has 1 rings (SSSR count). The molecule has 112 valence electrons. The fourth-order valence-electron chi connectivity index (χ4n) is 1.78. The number of ether oxygens (including phenoxy) is 4. The van der Waals surface area contributed by atoms with Gasteiger partial charge >= 0.3 is 5.97 Å². The van der Waals surface area contributed by atoms with Gasteiger partial charge in [-0.05, 0) is 25.9 Å². The Balaban J connectivity index is 1.87. The van der Waals surface area contributed by atoms with Gasteiger partial charge in [0.25, 0.3) is 0 Å². The minimum atomic E-state index is -0.296. The lowest BCUT2D eigenvalue weighted by Gasteiger charge is -2.22. The number of rotatable bonds is 10. The van der Waals surface area contributed by atoms with Crippen molar-refractivity contribution in [2.24, 2.45) is 0 Å². The molecular weight excluding hydrogens is 250 g/mol. The number of carbonyl (C=O) groups excluding carboxylic acids is 1. The zero-order chi connectivity index (χ0) is 13.8. The minimum absolute atomic E-state index is 0.0508. The van der Waals surface area contributed by atoms with Crippen molar-refractivity contribution in [2.75, 3.05) is 53.2 Å². The maximum atomic E-state index is 11.4. The maximum absolute atomic E-state index is 11.4. The van der Waals surface area contributed by atoms with Crippen LogP contribution in [0.4, 0.5) is 0 Å². The standard InChI is InChI=1S/C13H25NO5/c1-16-9-10-17-7-2-8-18-13(15)11-19-12-3-5-14-6-4-12/h12,14H,2-11H2,1H3. The van der Waals surface area contributed by atoms with E-state index < -0.39 is 0 Å². The summed E-state index contributed by atoms with van der Waals surface area (Å²) in [5.41, 5.74) is 0. The van der Waals surface area contributed by atoms with E-state index in [0.29, 0.717) is 32.8 Å². The van der Waals surface area contributed by atoms with Crippen molar-refractivity contribution in [3.8, 4) is 0 Å². The SMILES string of the molecule is COCCOCCCOC(=O)COC1CCNCC1. The highest BCUT2D eigenvalue weighted by atomic mass is 16.6. The molecule has 1 saturated heterocycles. The van der Waals surface area contributed by atoms with E-state index in [4.69, 9.17) is 18.9 Å². The summed E-state index contributed by atoms with van der Waals surface area (Å²) in [5, 5.41) is 3.25. The zero-order valence-corrected chi connectivity index (χ0v) is 11.7. The smallest absolute Gasteiger partial charge is 0.332 e. The van der Waals surface area contributed by atoms with Gasteiger partial charge in [-0.25, -0.2) is 4.79 Å². The monoisotopic (exact) mass is 275 g/mol. The Morgan fingerprint density at radius 3 is 2.68 bits per heavy atom. The van der Waals surface area contributed by atoms with Crippen molar-refractivity contribution < 1.29 is 23.7 Å². The quantitative estimate of drug-likeness (QED) is 0.458. The molecule has 6 heteroatoms. The third kappa shape index (κ3) is 8.93. The molecule has 1 aliphatic rings. The maximum Gasteiger partial charge on any atom is 0.332 e. The number of hydrogen-bond donors (Lipinski definition) is 1. The highest BCUT2D eigenvalue weighted by Crippen LogP contribution is 2.06. The van der Waals surface area contributed by atoms with Gasteiger partial charge in [-0.2, -0.15) is 0 Å². The summed E-state index contributed by atoms with van der Waals surface area (Å²) in [4.78, 5) is 11.4. The molecule has 0 unspecified atom stereocenters. The first-order valence-corrected chi connectivity index (χ1v) is 6.87. The third-order valence-corrected chi connectivity index (χ3v) is 2.85. The Morgan fingerprint density at radius 2 is 1.95 bits per heavy atom. The van der Waals surface area contributed by atoms with E-state index in [-0.39, 0.29) is 18.7 Å². The molecule has 0 radical (unpaired) electrons. The number of nitrogens with one attached hydrogen (secondary N) is 1. The summed E-state index contributed by atoms with van der Waals surface area (Å²) in [5.74, 6) is -0.296. The van der Waals surface area contributed by atoms with E-state index in [1.54, 1.807) is 7.11 Å². The van der Waals surface area contributed by atoms with Crippen molar-refractivity contribution in [2.45, 2.75) is 25.4 Å². The van der Waals surface area contributed by atoms with Gasteiger partial charge < -0.3 is 24.3 Å². The van der Waals surface area contributed by atoms with E-state index in [0.717, 1.165) is 25.9 Å². The Hall–Kier alpha value is -0.690. The average molecular weight is 275 g/mol. The van der Waals surface area contributed by atoms with Crippen LogP contribution in [0.3, 0.4) is 0 Å². The van der Waals surface area contributed by atoms with Gasteiger partial charge in [0.05, 0.1) is 25.9 Å². The molecule has 0 aliphatic carbocycles. The Labute approximate surface area is 114 Å². The number of carbonyl (C=O) groups is 1. The molecule has 19 heavy (non-hydrogen) atoms. The predicted molar refractivity (Wildman–Crippen MR) is 70.1 cm³/mol. The Kier molecular flexibility index (Phi) is 9.61. The first-order chi connectivity index (χ1) is 9.33. The molecule has 0 saturated carbocycles. The highest BCUT2D eigenvalue weighted by Gasteiger charge is 2.15. The lowest BCUT2D eigenvalue weighted by atomic mass is 10.1. The van der Waals surface area contributed by atoms with Crippen LogP contribution < -0.4 is 5.32 Å². The van der Waals surface area contributed by atoms with Crippen LogP contribution in [-0.2, 0) is 23.7 Å². The summed E-state index contributed by atoms with van der Waals surface area (Å²) in [6, 6.07) is 0. The van der Waals surface area contributed by atoms with Gasteiger partial charge in [0.2, 0.25) is 0 Å². The average Bonchev–Trinajstić information content (AvgIpc) is 2.45. The largest absolute Gasteiger partial charge is 0.464 e. The van der Waals surface area contributed by atoms with E-state index in [1.807, 2.05) is 0 Å². The second-order valence-electron chi connectivity index (χ2n) is 4.44. The fraction of sp³-hybridized carbons (Fsp3) is 0.923. The molecule has 0 atom stereocenters. The topological polar surface area (TPSA) is 66.0 Å². The molecule has 6 nitrogen and oxygen atoms in total. The van der Waals surface area contributed by atoms with Gasteiger partial charge in [-0.3, -0.25) is 0 Å². The molecule has 0 aromatic heterocycles. The predicted octanol–water partition coefficient (Wildman–Crippen LogP) is 0.351. The van der Waals surface area contributed by atoms with E-state index in [2.05, 4.69) is 5.32 Å². The molecule has 0 aromatic carbocycles. The molecular formula is C13H25NO5. The lowest BCUT2D eigenvalue weighted by molar-refractivity contribution is -0.152. The summed E-state index contributed by atoms with van der Waals surface area (Å²) in [6.45, 7) is 4.08.